The van der Waals surface area contributed by atoms with Crippen molar-refractivity contribution in [2.45, 2.75) is 12.8 Å². The van der Waals surface area contributed by atoms with E-state index in [4.69, 9.17) is 0 Å². The highest BCUT2D eigenvalue weighted by molar-refractivity contribution is 5.81. The van der Waals surface area contributed by atoms with E-state index in [2.05, 4.69) is 39.4 Å². The number of nitrogens with zero attached hydrogens (tertiary/aromatic N) is 2. The van der Waals surface area contributed by atoms with Gasteiger partial charge in [0, 0.05) is 25.2 Å². The number of aryl methyl sites for hydroxylation is 2. The van der Waals surface area contributed by atoms with Crippen molar-refractivity contribution in [3.05, 3.63) is 70.1 Å². The summed E-state index contributed by atoms with van der Waals surface area (Å²) in [7, 11) is 4.08. The van der Waals surface area contributed by atoms with Crippen LogP contribution in [-0.4, -0.2) is 24.3 Å². The monoisotopic (exact) mass is 293 g/mol. The van der Waals surface area contributed by atoms with E-state index in [1.807, 2.05) is 32.3 Å². The molecule has 2 aromatic carbocycles. The Bertz CT molecular complexity index is 835. The smallest absolute Gasteiger partial charge is 0.272 e. The molecule has 3 rings (SSSR count). The van der Waals surface area contributed by atoms with Crippen LogP contribution in [0.25, 0.3) is 10.8 Å². The van der Waals surface area contributed by atoms with E-state index in [9.17, 15) is 4.79 Å². The molecule has 0 aliphatic heterocycles. The van der Waals surface area contributed by atoms with Gasteiger partial charge in [-0.3, -0.25) is 4.79 Å². The molecule has 0 atom stereocenters. The molecule has 0 unspecified atom stereocenters. The van der Waals surface area contributed by atoms with Crippen LogP contribution in [0.5, 0.6) is 0 Å². The van der Waals surface area contributed by atoms with Crippen LogP contribution in [0.4, 0.5) is 5.69 Å². The summed E-state index contributed by atoms with van der Waals surface area (Å²) in [5.74, 6) is 0. The second-order valence-electron chi connectivity index (χ2n) is 5.68. The predicted molar refractivity (Wildman–Crippen MR) is 90.5 cm³/mol. The second kappa shape index (κ2) is 6.02. The number of aromatic amines is 1. The van der Waals surface area contributed by atoms with Crippen LogP contribution in [0.3, 0.4) is 0 Å². The molecule has 0 fully saturated rings. The van der Waals surface area contributed by atoms with Gasteiger partial charge in [0.2, 0.25) is 0 Å². The molecule has 112 valence electrons. The SMILES string of the molecule is CN(C)c1ccc(CCc2ccc3c(=O)[nH]ncc3c2)cc1. The van der Waals surface area contributed by atoms with E-state index in [0.29, 0.717) is 5.39 Å². The lowest BCUT2D eigenvalue weighted by molar-refractivity contribution is 0.958. The van der Waals surface area contributed by atoms with Gasteiger partial charge in [-0.25, -0.2) is 5.10 Å². The van der Waals surface area contributed by atoms with Crippen LogP contribution < -0.4 is 10.5 Å². The fourth-order valence-electron chi connectivity index (χ4n) is 2.55. The third kappa shape index (κ3) is 3.01. The van der Waals surface area contributed by atoms with Crippen molar-refractivity contribution in [3.63, 3.8) is 0 Å². The molecule has 0 aliphatic carbocycles. The molecule has 0 saturated carbocycles. The summed E-state index contributed by atoms with van der Waals surface area (Å²) in [6.45, 7) is 0. The van der Waals surface area contributed by atoms with E-state index in [1.54, 1.807) is 6.20 Å². The first-order chi connectivity index (χ1) is 10.6. The highest BCUT2D eigenvalue weighted by Crippen LogP contribution is 2.16. The standard InChI is InChI=1S/C18H19N3O/c1-21(2)16-8-5-13(6-9-16)3-4-14-7-10-17-15(11-14)12-19-20-18(17)22/h5-12H,3-4H2,1-2H3,(H,20,22). The molecule has 0 amide bonds. The maximum atomic E-state index is 11.6. The summed E-state index contributed by atoms with van der Waals surface area (Å²) < 4.78 is 0. The van der Waals surface area contributed by atoms with Crippen molar-refractivity contribution in [2.24, 2.45) is 0 Å². The normalized spacial score (nSPS) is 10.8. The van der Waals surface area contributed by atoms with Gasteiger partial charge in [-0.2, -0.15) is 5.10 Å². The van der Waals surface area contributed by atoms with E-state index < -0.39 is 0 Å². The first kappa shape index (κ1) is 14.3. The Labute approximate surface area is 129 Å². The van der Waals surface area contributed by atoms with Gasteiger partial charge in [-0.15, -0.1) is 0 Å². The van der Waals surface area contributed by atoms with E-state index in [-0.39, 0.29) is 5.56 Å². The minimum atomic E-state index is -0.136. The molecule has 4 heteroatoms. The zero-order valence-electron chi connectivity index (χ0n) is 12.8. The van der Waals surface area contributed by atoms with Crippen LogP contribution in [0.1, 0.15) is 11.1 Å². The Morgan fingerprint density at radius 1 is 1.00 bits per heavy atom. The molecular formula is C18H19N3O. The summed E-state index contributed by atoms with van der Waals surface area (Å²) in [6, 6.07) is 14.6. The number of H-pyrrole nitrogens is 1. The first-order valence-electron chi connectivity index (χ1n) is 7.36. The molecule has 4 nitrogen and oxygen atoms in total. The largest absolute Gasteiger partial charge is 0.378 e. The van der Waals surface area contributed by atoms with Crippen molar-refractivity contribution in [1.82, 2.24) is 10.2 Å². The Balaban J connectivity index is 1.75. The number of nitrogens with one attached hydrogen (secondary N) is 1. The molecule has 0 bridgehead atoms. The van der Waals surface area contributed by atoms with Crippen molar-refractivity contribution in [2.75, 3.05) is 19.0 Å². The van der Waals surface area contributed by atoms with Crippen LogP contribution in [0, 0.1) is 0 Å². The summed E-state index contributed by atoms with van der Waals surface area (Å²) in [5.41, 5.74) is 3.61. The van der Waals surface area contributed by atoms with Gasteiger partial charge in [0.05, 0.1) is 11.6 Å². The highest BCUT2D eigenvalue weighted by atomic mass is 16.1. The lowest BCUT2D eigenvalue weighted by Crippen LogP contribution is -2.08. The molecule has 0 saturated heterocycles. The molecule has 1 aromatic heterocycles. The number of aromatic nitrogens is 2. The van der Waals surface area contributed by atoms with Crippen LogP contribution in [0.2, 0.25) is 0 Å². The van der Waals surface area contributed by atoms with Crippen molar-refractivity contribution in [1.29, 1.82) is 0 Å². The minimum absolute atomic E-state index is 0.136. The van der Waals surface area contributed by atoms with Gasteiger partial charge < -0.3 is 4.90 Å². The molecule has 0 radical (unpaired) electrons. The van der Waals surface area contributed by atoms with Gasteiger partial charge in [-0.1, -0.05) is 18.2 Å². The summed E-state index contributed by atoms with van der Waals surface area (Å²) in [4.78, 5) is 13.7. The molecule has 22 heavy (non-hydrogen) atoms. The number of hydrogen-bond acceptors (Lipinski definition) is 3. The zero-order valence-corrected chi connectivity index (χ0v) is 12.8. The lowest BCUT2D eigenvalue weighted by atomic mass is 10.0. The van der Waals surface area contributed by atoms with Crippen LogP contribution in [-0.2, 0) is 12.8 Å². The van der Waals surface area contributed by atoms with Crippen molar-refractivity contribution >= 4 is 16.5 Å². The average Bonchev–Trinajstić information content (AvgIpc) is 2.53. The van der Waals surface area contributed by atoms with Gasteiger partial charge in [0.25, 0.3) is 5.56 Å². The molecule has 3 aromatic rings. The van der Waals surface area contributed by atoms with Gasteiger partial charge >= 0.3 is 0 Å². The maximum Gasteiger partial charge on any atom is 0.272 e. The van der Waals surface area contributed by atoms with Gasteiger partial charge in [-0.05, 0) is 48.2 Å². The molecule has 0 spiro atoms. The van der Waals surface area contributed by atoms with Crippen molar-refractivity contribution < 1.29 is 0 Å². The summed E-state index contributed by atoms with van der Waals surface area (Å²) in [5, 5.41) is 7.89. The quantitative estimate of drug-likeness (QED) is 0.804. The third-order valence-corrected chi connectivity index (χ3v) is 3.89. The fourth-order valence-corrected chi connectivity index (χ4v) is 2.55. The zero-order chi connectivity index (χ0) is 15.5. The Morgan fingerprint density at radius 3 is 2.41 bits per heavy atom. The second-order valence-corrected chi connectivity index (χ2v) is 5.68. The molecule has 1 N–H and O–H groups in total. The Morgan fingerprint density at radius 2 is 1.68 bits per heavy atom. The highest BCUT2D eigenvalue weighted by Gasteiger charge is 2.02. The summed E-state index contributed by atoms with van der Waals surface area (Å²) >= 11 is 0. The number of hydrogen-bond donors (Lipinski definition) is 1. The predicted octanol–water partition coefficient (Wildman–Crippen LogP) is 2.77. The Kier molecular flexibility index (Phi) is 3.92. The summed E-state index contributed by atoms with van der Waals surface area (Å²) in [6.07, 6.45) is 3.63. The number of anilines is 1. The van der Waals surface area contributed by atoms with E-state index in [1.165, 1.54) is 16.8 Å². The van der Waals surface area contributed by atoms with Gasteiger partial charge in [0.1, 0.15) is 0 Å². The van der Waals surface area contributed by atoms with Gasteiger partial charge in [0.15, 0.2) is 0 Å². The minimum Gasteiger partial charge on any atom is -0.378 e. The number of fused-ring (bicyclic) bond motifs is 1. The molecular weight excluding hydrogens is 274 g/mol. The van der Waals surface area contributed by atoms with Crippen LogP contribution >= 0.6 is 0 Å². The van der Waals surface area contributed by atoms with Crippen molar-refractivity contribution in [3.8, 4) is 0 Å². The topological polar surface area (TPSA) is 49.0 Å². The molecule has 1 heterocycles. The first-order valence-corrected chi connectivity index (χ1v) is 7.36. The fraction of sp³-hybridized carbons (Fsp3) is 0.222. The Hall–Kier alpha value is -2.62. The number of benzene rings is 2. The van der Waals surface area contributed by atoms with Crippen LogP contribution in [0.15, 0.2) is 53.5 Å². The molecule has 0 aliphatic rings. The van der Waals surface area contributed by atoms with E-state index in [0.717, 1.165) is 18.2 Å². The third-order valence-electron chi connectivity index (χ3n) is 3.89. The maximum absolute atomic E-state index is 11.6. The van der Waals surface area contributed by atoms with E-state index >= 15 is 0 Å². The average molecular weight is 293 g/mol. The lowest BCUT2D eigenvalue weighted by Gasteiger charge is -2.12. The number of rotatable bonds is 4.